The number of nitrogens with two attached hydrogens (primary N) is 1. The molecule has 0 saturated heterocycles. The zero-order valence-electron chi connectivity index (χ0n) is 7.84. The molecule has 0 unspecified atom stereocenters. The van der Waals surface area contributed by atoms with E-state index in [4.69, 9.17) is 28.9 Å². The monoisotopic (exact) mass is 229 g/mol. The first-order chi connectivity index (χ1) is 6.66. The Hall–Kier alpha value is -0.500. The van der Waals surface area contributed by atoms with E-state index in [1.54, 1.807) is 6.07 Å². The van der Waals surface area contributed by atoms with Crippen molar-refractivity contribution in [2.75, 3.05) is 0 Å². The number of benzene rings is 1. The second kappa shape index (κ2) is 5.40. The van der Waals surface area contributed by atoms with Crippen LogP contribution in [0.2, 0.25) is 10.0 Å². The van der Waals surface area contributed by atoms with Crippen LogP contribution < -0.4 is 5.73 Å². The molecule has 1 rings (SSSR count). The van der Waals surface area contributed by atoms with E-state index in [9.17, 15) is 0 Å². The summed E-state index contributed by atoms with van der Waals surface area (Å²) in [5, 5.41) is 1.11. The number of rotatable bonds is 4. The number of hydrogen-bond donors (Lipinski definition) is 1. The Bertz CT molecular complexity index is 323. The van der Waals surface area contributed by atoms with Gasteiger partial charge in [-0.15, -0.1) is 6.58 Å². The van der Waals surface area contributed by atoms with Gasteiger partial charge in [-0.05, 0) is 24.5 Å². The summed E-state index contributed by atoms with van der Waals surface area (Å²) in [4.78, 5) is 0. The van der Waals surface area contributed by atoms with Crippen LogP contribution in [-0.2, 0) is 0 Å². The van der Waals surface area contributed by atoms with Crippen molar-refractivity contribution in [2.24, 2.45) is 5.73 Å². The first kappa shape index (κ1) is 11.6. The van der Waals surface area contributed by atoms with Gasteiger partial charge in [0.25, 0.3) is 0 Å². The molecule has 1 aromatic rings. The van der Waals surface area contributed by atoms with Crippen molar-refractivity contribution in [1.82, 2.24) is 0 Å². The SMILES string of the molecule is C=CCC[C@H](N)c1cccc(Cl)c1Cl. The number of halogens is 2. The third-order valence-electron chi connectivity index (χ3n) is 2.06. The standard InChI is InChI=1S/C11H13Cl2N/c1-2-3-7-10(14)8-5-4-6-9(12)11(8)13/h2,4-6,10H,1,3,7,14H2/t10-/m0/s1. The molecular formula is C11H13Cl2N. The van der Waals surface area contributed by atoms with Gasteiger partial charge in [-0.25, -0.2) is 0 Å². The Kier molecular flexibility index (Phi) is 4.46. The summed E-state index contributed by atoms with van der Waals surface area (Å²) in [6, 6.07) is 5.45. The topological polar surface area (TPSA) is 26.0 Å². The number of hydrogen-bond acceptors (Lipinski definition) is 1. The lowest BCUT2D eigenvalue weighted by atomic mass is 10.0. The molecule has 0 bridgehead atoms. The molecule has 0 amide bonds. The molecule has 1 nitrogen and oxygen atoms in total. The molecule has 14 heavy (non-hydrogen) atoms. The van der Waals surface area contributed by atoms with E-state index in [1.165, 1.54) is 0 Å². The fourth-order valence-electron chi connectivity index (χ4n) is 1.26. The molecule has 0 aliphatic heterocycles. The van der Waals surface area contributed by atoms with E-state index in [0.29, 0.717) is 10.0 Å². The van der Waals surface area contributed by atoms with E-state index < -0.39 is 0 Å². The van der Waals surface area contributed by atoms with E-state index in [1.807, 2.05) is 18.2 Å². The molecule has 0 spiro atoms. The van der Waals surface area contributed by atoms with Gasteiger partial charge in [-0.2, -0.15) is 0 Å². The molecule has 0 aliphatic rings. The molecule has 76 valence electrons. The van der Waals surface area contributed by atoms with Crippen molar-refractivity contribution in [3.8, 4) is 0 Å². The summed E-state index contributed by atoms with van der Waals surface area (Å²) < 4.78 is 0. The normalized spacial score (nSPS) is 12.5. The highest BCUT2D eigenvalue weighted by atomic mass is 35.5. The zero-order valence-corrected chi connectivity index (χ0v) is 9.35. The van der Waals surface area contributed by atoms with Crippen molar-refractivity contribution in [2.45, 2.75) is 18.9 Å². The van der Waals surface area contributed by atoms with E-state index in [0.717, 1.165) is 18.4 Å². The lowest BCUT2D eigenvalue weighted by molar-refractivity contribution is 0.662. The molecule has 1 aromatic carbocycles. The minimum absolute atomic E-state index is 0.0702. The third-order valence-corrected chi connectivity index (χ3v) is 2.90. The summed E-state index contributed by atoms with van der Waals surface area (Å²) in [7, 11) is 0. The van der Waals surface area contributed by atoms with Gasteiger partial charge in [-0.3, -0.25) is 0 Å². The van der Waals surface area contributed by atoms with E-state index >= 15 is 0 Å². The van der Waals surface area contributed by atoms with Gasteiger partial charge in [0.15, 0.2) is 0 Å². The molecule has 0 radical (unpaired) electrons. The van der Waals surface area contributed by atoms with Crippen LogP contribution in [0.4, 0.5) is 0 Å². The first-order valence-corrected chi connectivity index (χ1v) is 5.22. The van der Waals surface area contributed by atoms with Crippen LogP contribution in [-0.4, -0.2) is 0 Å². The van der Waals surface area contributed by atoms with Gasteiger partial charge < -0.3 is 5.73 Å². The zero-order chi connectivity index (χ0) is 10.6. The Balaban J connectivity index is 2.83. The van der Waals surface area contributed by atoms with Crippen molar-refractivity contribution in [1.29, 1.82) is 0 Å². The van der Waals surface area contributed by atoms with Crippen LogP contribution in [0.25, 0.3) is 0 Å². The van der Waals surface area contributed by atoms with Crippen LogP contribution in [0.1, 0.15) is 24.4 Å². The summed E-state index contributed by atoms with van der Waals surface area (Å²) >= 11 is 11.9. The quantitative estimate of drug-likeness (QED) is 0.778. The second-order valence-corrected chi connectivity index (χ2v) is 3.90. The lowest BCUT2D eigenvalue weighted by Gasteiger charge is -2.13. The smallest absolute Gasteiger partial charge is 0.0640 e. The highest BCUT2D eigenvalue weighted by molar-refractivity contribution is 6.42. The summed E-state index contributed by atoms with van der Waals surface area (Å²) in [5.41, 5.74) is 6.86. The summed E-state index contributed by atoms with van der Waals surface area (Å²) in [6.45, 7) is 3.65. The molecular weight excluding hydrogens is 217 g/mol. The molecule has 2 N–H and O–H groups in total. The predicted octanol–water partition coefficient (Wildman–Crippen LogP) is 3.96. The van der Waals surface area contributed by atoms with Gasteiger partial charge in [-0.1, -0.05) is 41.4 Å². The molecule has 0 heterocycles. The van der Waals surface area contributed by atoms with Crippen molar-refractivity contribution in [3.05, 3.63) is 46.5 Å². The highest BCUT2D eigenvalue weighted by Crippen LogP contribution is 2.30. The van der Waals surface area contributed by atoms with Crippen LogP contribution in [0.15, 0.2) is 30.9 Å². The van der Waals surface area contributed by atoms with E-state index in [2.05, 4.69) is 6.58 Å². The molecule has 0 aromatic heterocycles. The lowest BCUT2D eigenvalue weighted by Crippen LogP contribution is -2.10. The van der Waals surface area contributed by atoms with Crippen LogP contribution in [0.3, 0.4) is 0 Å². The van der Waals surface area contributed by atoms with Crippen LogP contribution in [0, 0.1) is 0 Å². The fraction of sp³-hybridized carbons (Fsp3) is 0.273. The fourth-order valence-corrected chi connectivity index (χ4v) is 1.71. The second-order valence-electron chi connectivity index (χ2n) is 3.12. The van der Waals surface area contributed by atoms with Gasteiger partial charge in [0.1, 0.15) is 0 Å². The minimum atomic E-state index is -0.0702. The van der Waals surface area contributed by atoms with Gasteiger partial charge in [0.05, 0.1) is 10.0 Å². The van der Waals surface area contributed by atoms with Gasteiger partial charge in [0.2, 0.25) is 0 Å². The van der Waals surface area contributed by atoms with Gasteiger partial charge >= 0.3 is 0 Å². The molecule has 0 aliphatic carbocycles. The average molecular weight is 230 g/mol. The maximum absolute atomic E-state index is 6.03. The third kappa shape index (κ3) is 2.74. The Morgan fingerprint density at radius 3 is 2.79 bits per heavy atom. The maximum Gasteiger partial charge on any atom is 0.0640 e. The predicted molar refractivity (Wildman–Crippen MR) is 62.8 cm³/mol. The molecule has 3 heteroatoms. The van der Waals surface area contributed by atoms with Crippen LogP contribution >= 0.6 is 23.2 Å². The summed E-state index contributed by atoms with van der Waals surface area (Å²) in [5.74, 6) is 0. The van der Waals surface area contributed by atoms with Crippen molar-refractivity contribution >= 4 is 23.2 Å². The van der Waals surface area contributed by atoms with Crippen LogP contribution in [0.5, 0.6) is 0 Å². The highest BCUT2D eigenvalue weighted by Gasteiger charge is 2.10. The molecule has 1 atom stereocenters. The average Bonchev–Trinajstić information content (AvgIpc) is 2.18. The molecule has 0 saturated carbocycles. The van der Waals surface area contributed by atoms with Crippen molar-refractivity contribution in [3.63, 3.8) is 0 Å². The first-order valence-electron chi connectivity index (χ1n) is 4.47. The largest absolute Gasteiger partial charge is 0.324 e. The maximum atomic E-state index is 6.03. The minimum Gasteiger partial charge on any atom is -0.324 e. The molecule has 0 fully saturated rings. The van der Waals surface area contributed by atoms with E-state index in [-0.39, 0.29) is 6.04 Å². The Morgan fingerprint density at radius 2 is 2.14 bits per heavy atom. The van der Waals surface area contributed by atoms with Gasteiger partial charge in [0, 0.05) is 6.04 Å². The van der Waals surface area contributed by atoms with Crippen molar-refractivity contribution < 1.29 is 0 Å². The Labute approximate surface area is 94.5 Å². The Morgan fingerprint density at radius 1 is 1.43 bits per heavy atom. The summed E-state index contributed by atoms with van der Waals surface area (Å²) in [6.07, 6.45) is 3.56. The number of allylic oxidation sites excluding steroid dienone is 1.